The van der Waals surface area contributed by atoms with Crippen molar-refractivity contribution in [3.05, 3.63) is 36.3 Å². The van der Waals surface area contributed by atoms with Crippen molar-refractivity contribution in [1.29, 1.82) is 0 Å². The van der Waals surface area contributed by atoms with Crippen LogP contribution in [0.25, 0.3) is 10.9 Å². The fraction of sp³-hybridized carbons (Fsp3) is 0.357. The van der Waals surface area contributed by atoms with Gasteiger partial charge < -0.3 is 9.36 Å². The number of unbranched alkanes of at least 4 members (excludes halogenated alkanes) is 1. The maximum atomic E-state index is 13.1. The first-order valence-electron chi connectivity index (χ1n) is 5.90. The van der Waals surface area contributed by atoms with E-state index in [-0.39, 0.29) is 11.6 Å². The van der Waals surface area contributed by atoms with Gasteiger partial charge in [-0.15, -0.1) is 0 Å². The summed E-state index contributed by atoms with van der Waals surface area (Å²) in [5.74, 6) is 0.0228. The lowest BCUT2D eigenvalue weighted by Crippen LogP contribution is -1.98. The average molecular weight is 233 g/mol. The zero-order chi connectivity index (χ0) is 12.3. The summed E-state index contributed by atoms with van der Waals surface area (Å²) in [6.45, 7) is 2.45. The van der Waals surface area contributed by atoms with E-state index < -0.39 is 0 Å². The fourth-order valence-corrected chi connectivity index (χ4v) is 2.01. The molecule has 0 atom stereocenters. The van der Waals surface area contributed by atoms with Crippen LogP contribution in [-0.2, 0) is 11.3 Å². The number of hydrogen-bond acceptors (Lipinski definition) is 1. The Kier molecular flexibility index (Phi) is 3.57. The van der Waals surface area contributed by atoms with E-state index >= 15 is 0 Å². The molecular weight excluding hydrogens is 217 g/mol. The maximum absolute atomic E-state index is 13.1. The van der Waals surface area contributed by atoms with Crippen LogP contribution >= 0.6 is 0 Å². The van der Waals surface area contributed by atoms with E-state index in [4.69, 9.17) is 0 Å². The zero-order valence-corrected chi connectivity index (χ0v) is 9.95. The van der Waals surface area contributed by atoms with E-state index in [1.54, 1.807) is 19.1 Å². The smallest absolute Gasteiger partial charge is 0.129 e. The predicted octanol–water partition coefficient (Wildman–Crippen LogP) is 3.54. The minimum Gasteiger partial charge on any atom is -0.347 e. The first kappa shape index (κ1) is 11.8. The highest BCUT2D eigenvalue weighted by Gasteiger charge is 2.02. The van der Waals surface area contributed by atoms with Gasteiger partial charge in [0.15, 0.2) is 0 Å². The maximum Gasteiger partial charge on any atom is 0.129 e. The lowest BCUT2D eigenvalue weighted by Gasteiger charge is -2.04. The summed E-state index contributed by atoms with van der Waals surface area (Å²) in [5, 5.41) is 1.05. The van der Waals surface area contributed by atoms with Crippen molar-refractivity contribution in [3.63, 3.8) is 0 Å². The van der Waals surface area contributed by atoms with Crippen LogP contribution in [0.5, 0.6) is 0 Å². The Labute approximate surface area is 100 Å². The molecule has 0 aliphatic rings. The molecule has 0 unspecified atom stereocenters. The summed E-state index contributed by atoms with van der Waals surface area (Å²) in [6.07, 6.45) is 4.44. The van der Waals surface area contributed by atoms with E-state index in [2.05, 4.69) is 0 Å². The molecule has 0 saturated carbocycles. The Morgan fingerprint density at radius 2 is 2.12 bits per heavy atom. The summed E-state index contributed by atoms with van der Waals surface area (Å²) in [4.78, 5) is 10.8. The molecule has 0 saturated heterocycles. The number of aryl methyl sites for hydroxylation is 1. The number of ketones is 1. The molecule has 2 aromatic rings. The Hall–Kier alpha value is -1.64. The van der Waals surface area contributed by atoms with Crippen molar-refractivity contribution in [2.24, 2.45) is 0 Å². The highest BCUT2D eigenvalue weighted by molar-refractivity contribution is 5.80. The number of Topliss-reactive ketones (excluding diaryl/α,β-unsaturated/α-hetero) is 1. The third kappa shape index (κ3) is 2.93. The number of halogens is 1. The van der Waals surface area contributed by atoms with Crippen molar-refractivity contribution < 1.29 is 9.18 Å². The topological polar surface area (TPSA) is 22.0 Å². The molecule has 1 aromatic carbocycles. The second-order valence-corrected chi connectivity index (χ2v) is 4.37. The number of nitrogens with zero attached hydrogens (tertiary/aromatic N) is 1. The molecule has 90 valence electrons. The number of rotatable bonds is 5. The summed E-state index contributed by atoms with van der Waals surface area (Å²) in [6, 6.07) is 6.80. The molecule has 0 radical (unpaired) electrons. The monoisotopic (exact) mass is 233 g/mol. The highest BCUT2D eigenvalue weighted by Crippen LogP contribution is 2.17. The Morgan fingerprint density at radius 1 is 1.29 bits per heavy atom. The second kappa shape index (κ2) is 5.13. The molecule has 1 aromatic heterocycles. The average Bonchev–Trinajstić information content (AvgIpc) is 2.67. The van der Waals surface area contributed by atoms with Gasteiger partial charge in [0.25, 0.3) is 0 Å². The van der Waals surface area contributed by atoms with Crippen LogP contribution in [0.3, 0.4) is 0 Å². The summed E-state index contributed by atoms with van der Waals surface area (Å²) in [7, 11) is 0. The Morgan fingerprint density at radius 3 is 2.88 bits per heavy atom. The minimum absolute atomic E-state index is 0.207. The van der Waals surface area contributed by atoms with Gasteiger partial charge in [-0.05, 0) is 49.4 Å². The van der Waals surface area contributed by atoms with Gasteiger partial charge in [-0.1, -0.05) is 0 Å². The van der Waals surface area contributed by atoms with E-state index in [1.807, 2.05) is 16.8 Å². The summed E-state index contributed by atoms with van der Waals surface area (Å²) >= 11 is 0. The predicted molar refractivity (Wildman–Crippen MR) is 66.4 cm³/mol. The number of carbonyl (C=O) groups excluding carboxylic acids is 1. The van der Waals surface area contributed by atoms with Crippen LogP contribution in [0.1, 0.15) is 26.2 Å². The van der Waals surface area contributed by atoms with Gasteiger partial charge in [-0.3, -0.25) is 0 Å². The van der Waals surface area contributed by atoms with Gasteiger partial charge in [-0.25, -0.2) is 4.39 Å². The lowest BCUT2D eigenvalue weighted by molar-refractivity contribution is -0.117. The van der Waals surface area contributed by atoms with Crippen molar-refractivity contribution in [2.75, 3.05) is 0 Å². The third-order valence-electron chi connectivity index (χ3n) is 2.91. The molecule has 17 heavy (non-hydrogen) atoms. The standard InChI is InChI=1S/C14H16FNO/c1-11(17)4-2-3-8-16-9-7-12-5-6-13(15)10-14(12)16/h5-7,9-10H,2-4,8H2,1H3. The van der Waals surface area contributed by atoms with Crippen molar-refractivity contribution in [3.8, 4) is 0 Å². The molecule has 3 heteroatoms. The van der Waals surface area contributed by atoms with Crippen molar-refractivity contribution in [2.45, 2.75) is 32.7 Å². The van der Waals surface area contributed by atoms with Gasteiger partial charge in [0.05, 0.1) is 5.52 Å². The van der Waals surface area contributed by atoms with Crippen LogP contribution in [-0.4, -0.2) is 10.4 Å². The first-order chi connectivity index (χ1) is 8.16. The molecule has 0 bridgehead atoms. The van der Waals surface area contributed by atoms with E-state index in [0.29, 0.717) is 6.42 Å². The third-order valence-corrected chi connectivity index (χ3v) is 2.91. The van der Waals surface area contributed by atoms with Gasteiger partial charge >= 0.3 is 0 Å². The number of benzene rings is 1. The molecule has 0 amide bonds. The largest absolute Gasteiger partial charge is 0.347 e. The molecule has 1 heterocycles. The fourth-order valence-electron chi connectivity index (χ4n) is 2.01. The number of fused-ring (bicyclic) bond motifs is 1. The van der Waals surface area contributed by atoms with Crippen molar-refractivity contribution in [1.82, 2.24) is 4.57 Å². The first-order valence-corrected chi connectivity index (χ1v) is 5.90. The lowest BCUT2D eigenvalue weighted by atomic mass is 10.2. The molecule has 0 N–H and O–H groups in total. The molecule has 0 aliphatic heterocycles. The van der Waals surface area contributed by atoms with Gasteiger partial charge in [0.1, 0.15) is 11.6 Å². The highest BCUT2D eigenvalue weighted by atomic mass is 19.1. The molecule has 0 spiro atoms. The van der Waals surface area contributed by atoms with E-state index in [9.17, 15) is 9.18 Å². The van der Waals surface area contributed by atoms with E-state index in [1.165, 1.54) is 6.07 Å². The molecule has 0 aliphatic carbocycles. The van der Waals surface area contributed by atoms with Crippen molar-refractivity contribution >= 4 is 16.7 Å². The van der Waals surface area contributed by atoms with Crippen LogP contribution in [0, 0.1) is 5.82 Å². The SMILES string of the molecule is CC(=O)CCCCn1ccc2ccc(F)cc21. The minimum atomic E-state index is -0.207. The van der Waals surface area contributed by atoms with Crippen LogP contribution in [0.15, 0.2) is 30.5 Å². The second-order valence-electron chi connectivity index (χ2n) is 4.37. The van der Waals surface area contributed by atoms with Crippen LogP contribution < -0.4 is 0 Å². The number of carbonyl (C=O) groups is 1. The van der Waals surface area contributed by atoms with E-state index in [0.717, 1.165) is 30.3 Å². The molecule has 0 fully saturated rings. The number of hydrogen-bond donors (Lipinski definition) is 0. The summed E-state index contributed by atoms with van der Waals surface area (Å²) < 4.78 is 15.2. The van der Waals surface area contributed by atoms with Gasteiger partial charge in [-0.2, -0.15) is 0 Å². The quantitative estimate of drug-likeness (QED) is 0.724. The molecule has 2 rings (SSSR count). The zero-order valence-electron chi connectivity index (χ0n) is 9.95. The summed E-state index contributed by atoms with van der Waals surface area (Å²) in [5.41, 5.74) is 0.924. The van der Waals surface area contributed by atoms with Crippen LogP contribution in [0.4, 0.5) is 4.39 Å². The normalized spacial score (nSPS) is 10.9. The van der Waals surface area contributed by atoms with Crippen LogP contribution in [0.2, 0.25) is 0 Å². The van der Waals surface area contributed by atoms with Gasteiger partial charge in [0, 0.05) is 19.2 Å². The Bertz CT molecular complexity index is 530. The number of aromatic nitrogens is 1. The van der Waals surface area contributed by atoms with Gasteiger partial charge in [0.2, 0.25) is 0 Å². The molecular formula is C14H16FNO. The molecule has 2 nitrogen and oxygen atoms in total. The Balaban J connectivity index is 2.03.